The summed E-state index contributed by atoms with van der Waals surface area (Å²) in [5.41, 5.74) is 0. The molecule has 0 aliphatic carbocycles. The van der Waals surface area contributed by atoms with Crippen LogP contribution in [0, 0.1) is 5.92 Å². The van der Waals surface area contributed by atoms with Gasteiger partial charge in [0, 0.05) is 0 Å². The largest absolute Gasteiger partial charge is 0.481 e. The van der Waals surface area contributed by atoms with Gasteiger partial charge in [0.1, 0.15) is 0 Å². The molecule has 0 fully saturated rings. The Bertz CT molecular complexity index is 270. The van der Waals surface area contributed by atoms with Crippen LogP contribution in [0.2, 0.25) is 0 Å². The molecule has 4 heteroatoms. The SMILES string of the molecule is CCCCCCCC/C=C\CCCCCCC(C)C(=O)O.Cl.N. The van der Waals surface area contributed by atoms with E-state index in [4.69, 9.17) is 5.11 Å². The lowest BCUT2D eigenvalue weighted by Crippen LogP contribution is -2.08. The van der Waals surface area contributed by atoms with Crippen molar-refractivity contribution in [2.24, 2.45) is 5.92 Å². The lowest BCUT2D eigenvalue weighted by molar-refractivity contribution is -0.141. The van der Waals surface area contributed by atoms with Crippen LogP contribution in [0.15, 0.2) is 12.2 Å². The molecule has 3 nitrogen and oxygen atoms in total. The second kappa shape index (κ2) is 21.5. The van der Waals surface area contributed by atoms with Crippen molar-refractivity contribution >= 4 is 18.4 Å². The van der Waals surface area contributed by atoms with Crippen LogP contribution >= 0.6 is 12.4 Å². The summed E-state index contributed by atoms with van der Waals surface area (Å²) in [7, 11) is 0. The van der Waals surface area contributed by atoms with Crippen LogP contribution in [0.1, 0.15) is 97.3 Å². The zero-order valence-corrected chi connectivity index (χ0v) is 16.2. The van der Waals surface area contributed by atoms with Gasteiger partial charge in [-0.25, -0.2) is 0 Å². The van der Waals surface area contributed by atoms with E-state index in [0.29, 0.717) is 0 Å². The molecule has 0 rings (SSSR count). The van der Waals surface area contributed by atoms with Gasteiger partial charge in [-0.3, -0.25) is 4.79 Å². The van der Waals surface area contributed by atoms with Gasteiger partial charge in [0.2, 0.25) is 0 Å². The number of rotatable bonds is 15. The summed E-state index contributed by atoms with van der Waals surface area (Å²) in [4.78, 5) is 10.7. The minimum Gasteiger partial charge on any atom is -0.481 e. The van der Waals surface area contributed by atoms with Crippen molar-refractivity contribution in [3.63, 3.8) is 0 Å². The fourth-order valence-electron chi connectivity index (χ4n) is 2.47. The maximum absolute atomic E-state index is 10.7. The Morgan fingerprint density at radius 1 is 0.870 bits per heavy atom. The molecule has 0 saturated heterocycles. The third-order valence-electron chi connectivity index (χ3n) is 4.07. The van der Waals surface area contributed by atoms with Gasteiger partial charge >= 0.3 is 5.97 Å². The molecule has 0 radical (unpaired) electrons. The van der Waals surface area contributed by atoms with E-state index in [1.807, 2.05) is 0 Å². The van der Waals surface area contributed by atoms with Gasteiger partial charge in [-0.15, -0.1) is 12.4 Å². The number of hydrogen-bond acceptors (Lipinski definition) is 2. The summed E-state index contributed by atoms with van der Waals surface area (Å²) in [6, 6.07) is 0. The van der Waals surface area contributed by atoms with E-state index in [1.165, 1.54) is 70.6 Å². The molecule has 0 aromatic heterocycles. The average molecular weight is 350 g/mol. The van der Waals surface area contributed by atoms with Crippen LogP contribution in [0.25, 0.3) is 0 Å². The number of unbranched alkanes of at least 4 members (excludes halogenated alkanes) is 10. The number of carbonyl (C=O) groups is 1. The zero-order valence-electron chi connectivity index (χ0n) is 15.4. The number of halogens is 1. The van der Waals surface area contributed by atoms with Gasteiger partial charge in [-0.2, -0.15) is 0 Å². The van der Waals surface area contributed by atoms with Crippen molar-refractivity contribution < 1.29 is 9.90 Å². The molecule has 0 aliphatic heterocycles. The predicted molar refractivity (Wildman–Crippen MR) is 104 cm³/mol. The van der Waals surface area contributed by atoms with Crippen molar-refractivity contribution in [1.29, 1.82) is 0 Å². The molecule has 0 spiro atoms. The highest BCUT2D eigenvalue weighted by Crippen LogP contribution is 2.12. The summed E-state index contributed by atoms with van der Waals surface area (Å²) in [6.07, 6.45) is 20.8. The zero-order chi connectivity index (χ0) is 15.8. The van der Waals surface area contributed by atoms with Crippen molar-refractivity contribution in [2.75, 3.05) is 0 Å². The summed E-state index contributed by atoms with van der Waals surface area (Å²) in [6.45, 7) is 4.06. The Kier molecular flexibility index (Phi) is 25.5. The first-order valence-electron chi connectivity index (χ1n) is 9.06. The van der Waals surface area contributed by atoms with Gasteiger partial charge in [0.15, 0.2) is 0 Å². The monoisotopic (exact) mass is 349 g/mol. The fraction of sp³-hybridized carbons (Fsp3) is 0.842. The molecular formula is C19H40ClNO2. The predicted octanol–water partition coefficient (Wildman–Crippen LogP) is 6.94. The first kappa shape index (κ1) is 27.3. The second-order valence-corrected chi connectivity index (χ2v) is 6.26. The molecule has 0 bridgehead atoms. The molecule has 0 saturated carbocycles. The number of carboxylic acid groups (broad SMARTS) is 1. The fourth-order valence-corrected chi connectivity index (χ4v) is 2.47. The Balaban J connectivity index is -0.00000200. The molecule has 0 aromatic rings. The number of hydrogen-bond donors (Lipinski definition) is 2. The molecule has 1 atom stereocenters. The lowest BCUT2D eigenvalue weighted by Gasteiger charge is -2.04. The van der Waals surface area contributed by atoms with Crippen molar-refractivity contribution in [2.45, 2.75) is 97.3 Å². The Labute approximate surface area is 150 Å². The summed E-state index contributed by atoms with van der Waals surface area (Å²) in [5.74, 6) is -0.838. The first-order chi connectivity index (χ1) is 10.2. The highest BCUT2D eigenvalue weighted by atomic mass is 35.5. The van der Waals surface area contributed by atoms with E-state index in [0.717, 1.165) is 12.8 Å². The van der Waals surface area contributed by atoms with Crippen molar-refractivity contribution in [3.8, 4) is 0 Å². The Morgan fingerprint density at radius 3 is 1.78 bits per heavy atom. The van der Waals surface area contributed by atoms with Gasteiger partial charge in [-0.1, -0.05) is 77.4 Å². The van der Waals surface area contributed by atoms with E-state index >= 15 is 0 Å². The quantitative estimate of drug-likeness (QED) is 0.248. The summed E-state index contributed by atoms with van der Waals surface area (Å²) >= 11 is 0. The first-order valence-corrected chi connectivity index (χ1v) is 9.06. The normalized spacial score (nSPS) is 11.7. The molecule has 0 amide bonds. The third-order valence-corrected chi connectivity index (χ3v) is 4.07. The van der Waals surface area contributed by atoms with Gasteiger partial charge < -0.3 is 11.3 Å². The molecule has 4 N–H and O–H groups in total. The van der Waals surface area contributed by atoms with Gasteiger partial charge in [-0.05, 0) is 32.1 Å². The minimum atomic E-state index is -0.660. The van der Waals surface area contributed by atoms with Crippen molar-refractivity contribution in [3.05, 3.63) is 12.2 Å². The van der Waals surface area contributed by atoms with E-state index in [2.05, 4.69) is 19.1 Å². The number of carboxylic acids is 1. The highest BCUT2D eigenvalue weighted by Gasteiger charge is 2.09. The Morgan fingerprint density at radius 2 is 1.30 bits per heavy atom. The molecule has 23 heavy (non-hydrogen) atoms. The molecule has 140 valence electrons. The Hall–Kier alpha value is -0.540. The standard InChI is InChI=1S/C19H36O2.ClH.H3N/c1-3-4-5-6-7-8-9-10-11-12-13-14-15-16-17-18(2)19(20)21;;/h10-11,18H,3-9,12-17H2,1-2H3,(H,20,21);1H;1H3/b11-10-;;. The van der Waals surface area contributed by atoms with Crippen LogP contribution in [0.3, 0.4) is 0 Å². The van der Waals surface area contributed by atoms with Crippen LogP contribution in [-0.2, 0) is 4.79 Å². The average Bonchev–Trinajstić information content (AvgIpc) is 2.47. The van der Waals surface area contributed by atoms with Crippen LogP contribution in [0.4, 0.5) is 0 Å². The van der Waals surface area contributed by atoms with Crippen LogP contribution < -0.4 is 6.15 Å². The summed E-state index contributed by atoms with van der Waals surface area (Å²) < 4.78 is 0. The minimum absolute atomic E-state index is 0. The van der Waals surface area contributed by atoms with E-state index in [1.54, 1.807) is 6.92 Å². The highest BCUT2D eigenvalue weighted by molar-refractivity contribution is 5.85. The summed E-state index contributed by atoms with van der Waals surface area (Å²) in [5, 5.41) is 8.78. The number of aliphatic carboxylic acids is 1. The number of allylic oxidation sites excluding steroid dienone is 2. The molecule has 0 heterocycles. The van der Waals surface area contributed by atoms with E-state index in [9.17, 15) is 4.79 Å². The maximum atomic E-state index is 10.7. The topological polar surface area (TPSA) is 72.3 Å². The molecule has 0 aromatic carbocycles. The smallest absolute Gasteiger partial charge is 0.306 e. The van der Waals surface area contributed by atoms with E-state index < -0.39 is 5.97 Å². The maximum Gasteiger partial charge on any atom is 0.306 e. The molecular weight excluding hydrogens is 310 g/mol. The van der Waals surface area contributed by atoms with Gasteiger partial charge in [0.25, 0.3) is 0 Å². The molecule has 1 unspecified atom stereocenters. The van der Waals surface area contributed by atoms with E-state index in [-0.39, 0.29) is 24.5 Å². The second-order valence-electron chi connectivity index (χ2n) is 6.26. The van der Waals surface area contributed by atoms with Crippen molar-refractivity contribution in [1.82, 2.24) is 6.15 Å². The van der Waals surface area contributed by atoms with Crippen LogP contribution in [0.5, 0.6) is 0 Å². The lowest BCUT2D eigenvalue weighted by atomic mass is 10.0. The van der Waals surface area contributed by atoms with Gasteiger partial charge in [0.05, 0.1) is 5.92 Å². The molecule has 0 aliphatic rings. The third kappa shape index (κ3) is 21.5. The van der Waals surface area contributed by atoms with Crippen LogP contribution in [-0.4, -0.2) is 11.1 Å².